The summed E-state index contributed by atoms with van der Waals surface area (Å²) in [6, 6.07) is 6.13. The minimum atomic E-state index is -4.88. The van der Waals surface area contributed by atoms with Gasteiger partial charge in [-0.25, -0.2) is 9.48 Å². The lowest BCUT2D eigenvalue weighted by atomic mass is 10.2. The number of hydrogen-bond acceptors (Lipinski definition) is 6. The number of aliphatic hydroxyl groups excluding tert-OH is 1. The van der Waals surface area contributed by atoms with Crippen molar-refractivity contribution in [2.24, 2.45) is 0 Å². The van der Waals surface area contributed by atoms with Crippen LogP contribution < -0.4 is 10.6 Å². The predicted octanol–water partition coefficient (Wildman–Crippen LogP) is 2.06. The van der Waals surface area contributed by atoms with Crippen LogP contribution in [0.25, 0.3) is 11.4 Å². The van der Waals surface area contributed by atoms with Crippen molar-refractivity contribution in [2.75, 3.05) is 18.0 Å². The normalized spacial score (nSPS) is 15.6. The second-order valence-corrected chi connectivity index (χ2v) is 7.65. The first-order valence-electron chi connectivity index (χ1n) is 9.57. The van der Waals surface area contributed by atoms with E-state index in [1.807, 2.05) is 4.90 Å². The number of aliphatic hydroxyl groups is 1. The van der Waals surface area contributed by atoms with E-state index in [0.29, 0.717) is 22.4 Å². The van der Waals surface area contributed by atoms with Gasteiger partial charge in [-0.2, -0.15) is 18.2 Å². The maximum atomic E-state index is 12.9. The van der Waals surface area contributed by atoms with Crippen LogP contribution >= 0.6 is 11.6 Å². The summed E-state index contributed by atoms with van der Waals surface area (Å²) in [4.78, 5) is 19.2. The molecule has 0 radical (unpaired) electrons. The molecular formula is C18H19ClF3N7O2. The fraction of sp³-hybridized carbons (Fsp3) is 0.444. The van der Waals surface area contributed by atoms with Crippen molar-refractivity contribution < 1.29 is 18.3 Å². The summed E-state index contributed by atoms with van der Waals surface area (Å²) in [6.07, 6.45) is -5.52. The van der Waals surface area contributed by atoms with Crippen LogP contribution in [0.4, 0.5) is 19.1 Å². The highest BCUT2D eigenvalue weighted by Gasteiger charge is 2.39. The highest BCUT2D eigenvalue weighted by Crippen LogP contribution is 2.24. The number of anilines is 1. The minimum absolute atomic E-state index is 0.0238. The lowest BCUT2D eigenvalue weighted by molar-refractivity contribution is -0.207. The highest BCUT2D eigenvalue weighted by molar-refractivity contribution is 6.30. The lowest BCUT2D eigenvalue weighted by Crippen LogP contribution is -2.37. The Kier molecular flexibility index (Phi) is 5.75. The van der Waals surface area contributed by atoms with Gasteiger partial charge in [-0.15, -0.1) is 10.2 Å². The summed E-state index contributed by atoms with van der Waals surface area (Å²) in [5.74, 6) is 0.822. The molecule has 1 aromatic carbocycles. The number of halogens is 4. The SMILES string of the molecule is O=c1n(Cc2nc(N3CCCC3)n[nH]2)nc(-c2ccc(Cl)cc2)n1C[C@H](O)C(F)(F)F. The van der Waals surface area contributed by atoms with Gasteiger partial charge in [0.2, 0.25) is 5.95 Å². The third-order valence-corrected chi connectivity index (χ3v) is 5.22. The Morgan fingerprint density at radius 2 is 1.87 bits per heavy atom. The van der Waals surface area contributed by atoms with Crippen LogP contribution in [0, 0.1) is 0 Å². The number of nitrogens with zero attached hydrogens (tertiary/aromatic N) is 6. The molecule has 13 heteroatoms. The number of nitrogens with one attached hydrogen (secondary N) is 1. The van der Waals surface area contributed by atoms with E-state index in [9.17, 15) is 23.1 Å². The molecule has 0 spiro atoms. The Labute approximate surface area is 179 Å². The summed E-state index contributed by atoms with van der Waals surface area (Å²) in [6.45, 7) is 0.564. The zero-order chi connectivity index (χ0) is 22.2. The standard InChI is InChI=1S/C18H19ClF3N7O2/c19-12-5-3-11(4-6-12)15-26-29(17(31)28(15)9-13(30)18(20,21)22)10-14-23-16(25-24-14)27-7-1-2-8-27/h3-6,13,30H,1-2,7-10H2,(H,23,24,25)/t13-/m0/s1. The lowest BCUT2D eigenvalue weighted by Gasteiger charge is -2.15. The molecule has 4 rings (SSSR count). The number of hydrogen-bond donors (Lipinski definition) is 2. The number of benzene rings is 1. The number of aromatic amines is 1. The maximum absolute atomic E-state index is 12.9. The molecule has 3 aromatic rings. The van der Waals surface area contributed by atoms with Gasteiger partial charge in [-0.3, -0.25) is 9.67 Å². The topological polar surface area (TPSA) is 105 Å². The predicted molar refractivity (Wildman–Crippen MR) is 106 cm³/mol. The molecule has 9 nitrogen and oxygen atoms in total. The largest absolute Gasteiger partial charge is 0.416 e. The van der Waals surface area contributed by atoms with Gasteiger partial charge in [0.15, 0.2) is 11.9 Å². The second-order valence-electron chi connectivity index (χ2n) is 7.21. The van der Waals surface area contributed by atoms with Gasteiger partial charge in [0, 0.05) is 23.7 Å². The molecular weight excluding hydrogens is 439 g/mol. The van der Waals surface area contributed by atoms with Gasteiger partial charge in [0.05, 0.1) is 6.54 Å². The average molecular weight is 458 g/mol. The Balaban J connectivity index is 1.67. The Hall–Kier alpha value is -2.86. The van der Waals surface area contributed by atoms with Crippen LogP contribution in [0.1, 0.15) is 18.7 Å². The summed E-state index contributed by atoms with van der Waals surface area (Å²) >= 11 is 5.88. The van der Waals surface area contributed by atoms with Crippen molar-refractivity contribution in [3.8, 4) is 11.4 Å². The molecule has 0 amide bonds. The maximum Gasteiger partial charge on any atom is 0.416 e. The fourth-order valence-electron chi connectivity index (χ4n) is 3.35. The highest BCUT2D eigenvalue weighted by atomic mass is 35.5. The molecule has 31 heavy (non-hydrogen) atoms. The third-order valence-electron chi connectivity index (χ3n) is 4.97. The molecule has 0 bridgehead atoms. The van der Waals surface area contributed by atoms with Crippen molar-refractivity contribution in [1.29, 1.82) is 0 Å². The van der Waals surface area contributed by atoms with Gasteiger partial charge >= 0.3 is 11.9 Å². The van der Waals surface area contributed by atoms with Gasteiger partial charge in [0.25, 0.3) is 0 Å². The number of alkyl halides is 3. The molecule has 1 atom stereocenters. The molecule has 1 fully saturated rings. The van der Waals surface area contributed by atoms with E-state index in [-0.39, 0.29) is 12.4 Å². The molecule has 2 aromatic heterocycles. The monoisotopic (exact) mass is 457 g/mol. The van der Waals surface area contributed by atoms with Crippen molar-refractivity contribution in [2.45, 2.75) is 38.2 Å². The van der Waals surface area contributed by atoms with Crippen molar-refractivity contribution >= 4 is 17.5 Å². The van der Waals surface area contributed by atoms with E-state index < -0.39 is 24.5 Å². The average Bonchev–Trinajstić information content (AvgIpc) is 3.45. The van der Waals surface area contributed by atoms with E-state index in [4.69, 9.17) is 11.6 Å². The van der Waals surface area contributed by atoms with Crippen LogP contribution in [0.15, 0.2) is 29.1 Å². The molecule has 0 saturated carbocycles. The van der Waals surface area contributed by atoms with E-state index in [0.717, 1.165) is 35.2 Å². The molecule has 1 aliphatic rings. The van der Waals surface area contributed by atoms with Crippen LogP contribution in [-0.4, -0.2) is 60.0 Å². The van der Waals surface area contributed by atoms with Crippen LogP contribution in [0.2, 0.25) is 5.02 Å². The Morgan fingerprint density at radius 1 is 1.19 bits per heavy atom. The van der Waals surface area contributed by atoms with Crippen LogP contribution in [0.3, 0.4) is 0 Å². The zero-order valence-electron chi connectivity index (χ0n) is 16.2. The second kappa shape index (κ2) is 8.35. The smallest absolute Gasteiger partial charge is 0.382 e. The summed E-state index contributed by atoms with van der Waals surface area (Å²) < 4.78 is 40.5. The van der Waals surface area contributed by atoms with Gasteiger partial charge < -0.3 is 10.0 Å². The summed E-state index contributed by atoms with van der Waals surface area (Å²) in [5, 5.41) is 21.0. The summed E-state index contributed by atoms with van der Waals surface area (Å²) in [5.41, 5.74) is -0.433. The molecule has 0 aliphatic carbocycles. The molecule has 0 unspecified atom stereocenters. The quantitative estimate of drug-likeness (QED) is 0.587. The van der Waals surface area contributed by atoms with Gasteiger partial charge in [-0.1, -0.05) is 11.6 Å². The third kappa shape index (κ3) is 4.59. The van der Waals surface area contributed by atoms with Gasteiger partial charge in [-0.05, 0) is 37.1 Å². The number of aromatic nitrogens is 6. The van der Waals surface area contributed by atoms with Crippen LogP contribution in [0.5, 0.6) is 0 Å². The van der Waals surface area contributed by atoms with E-state index >= 15 is 0 Å². The van der Waals surface area contributed by atoms with E-state index in [1.54, 1.807) is 0 Å². The van der Waals surface area contributed by atoms with E-state index in [2.05, 4.69) is 20.3 Å². The van der Waals surface area contributed by atoms with Crippen molar-refractivity contribution in [3.05, 3.63) is 45.6 Å². The van der Waals surface area contributed by atoms with Crippen molar-refractivity contribution in [1.82, 2.24) is 29.5 Å². The zero-order valence-corrected chi connectivity index (χ0v) is 16.9. The Morgan fingerprint density at radius 3 is 2.52 bits per heavy atom. The van der Waals surface area contributed by atoms with E-state index in [1.165, 1.54) is 24.3 Å². The Bertz CT molecular complexity index is 1100. The fourth-order valence-corrected chi connectivity index (χ4v) is 3.48. The number of rotatable bonds is 6. The first kappa shape index (κ1) is 21.4. The van der Waals surface area contributed by atoms with Crippen molar-refractivity contribution in [3.63, 3.8) is 0 Å². The first-order valence-corrected chi connectivity index (χ1v) is 9.95. The molecule has 2 N–H and O–H groups in total. The molecule has 166 valence electrons. The minimum Gasteiger partial charge on any atom is -0.382 e. The van der Waals surface area contributed by atoms with Crippen LogP contribution in [-0.2, 0) is 13.1 Å². The first-order chi connectivity index (χ1) is 14.7. The van der Waals surface area contributed by atoms with Gasteiger partial charge in [0.1, 0.15) is 12.4 Å². The molecule has 1 aliphatic heterocycles. The molecule has 3 heterocycles. The summed E-state index contributed by atoms with van der Waals surface area (Å²) in [7, 11) is 0. The number of H-pyrrole nitrogens is 1. The molecule has 1 saturated heterocycles.